The highest BCUT2D eigenvalue weighted by atomic mass is 19.1. The van der Waals surface area contributed by atoms with Crippen LogP contribution in [0, 0.1) is 5.82 Å². The molecule has 0 amide bonds. The van der Waals surface area contributed by atoms with Crippen LogP contribution < -0.4 is 5.73 Å². The molecule has 0 atom stereocenters. The van der Waals surface area contributed by atoms with Crippen molar-refractivity contribution in [3.63, 3.8) is 0 Å². The summed E-state index contributed by atoms with van der Waals surface area (Å²) in [6.45, 7) is 4.62. The Morgan fingerprint density at radius 1 is 1.33 bits per heavy atom. The number of hydrogen-bond donors (Lipinski definition) is 2. The van der Waals surface area contributed by atoms with Gasteiger partial charge in [-0.15, -0.1) is 0 Å². The SMILES string of the molecule is CCCCN(CCO)Cc1cc(CN)ccc1F. The molecule has 3 nitrogen and oxygen atoms in total. The number of unbranched alkanes of at least 4 members (excludes halogenated alkanes) is 1. The molecule has 0 fully saturated rings. The topological polar surface area (TPSA) is 49.5 Å². The normalized spacial score (nSPS) is 11.2. The lowest BCUT2D eigenvalue weighted by Crippen LogP contribution is -2.28. The number of nitrogens with two attached hydrogens (primary N) is 1. The molecule has 0 spiro atoms. The van der Waals surface area contributed by atoms with Crippen molar-refractivity contribution in [2.24, 2.45) is 5.73 Å². The summed E-state index contributed by atoms with van der Waals surface area (Å²) in [4.78, 5) is 2.07. The van der Waals surface area contributed by atoms with Crippen molar-refractivity contribution in [1.82, 2.24) is 4.90 Å². The minimum absolute atomic E-state index is 0.0991. The Morgan fingerprint density at radius 3 is 2.72 bits per heavy atom. The largest absolute Gasteiger partial charge is 0.395 e. The lowest BCUT2D eigenvalue weighted by molar-refractivity contribution is 0.187. The van der Waals surface area contributed by atoms with E-state index >= 15 is 0 Å². The molecule has 1 aromatic carbocycles. The van der Waals surface area contributed by atoms with Crippen LogP contribution in [0.25, 0.3) is 0 Å². The third-order valence-corrected chi connectivity index (χ3v) is 2.98. The van der Waals surface area contributed by atoms with Gasteiger partial charge in [-0.05, 0) is 24.6 Å². The fourth-order valence-corrected chi connectivity index (χ4v) is 1.91. The van der Waals surface area contributed by atoms with Crippen molar-refractivity contribution >= 4 is 0 Å². The summed E-state index contributed by atoms with van der Waals surface area (Å²) in [7, 11) is 0. The lowest BCUT2D eigenvalue weighted by Gasteiger charge is -2.21. The molecule has 18 heavy (non-hydrogen) atoms. The number of hydrogen-bond acceptors (Lipinski definition) is 3. The number of aliphatic hydroxyl groups is 1. The summed E-state index contributed by atoms with van der Waals surface area (Å²) in [5, 5.41) is 9.03. The van der Waals surface area contributed by atoms with Crippen LogP contribution in [0.1, 0.15) is 30.9 Å². The number of aliphatic hydroxyl groups excluding tert-OH is 1. The molecule has 0 bridgehead atoms. The molecular weight excluding hydrogens is 231 g/mol. The maximum Gasteiger partial charge on any atom is 0.127 e. The van der Waals surface area contributed by atoms with Crippen molar-refractivity contribution in [3.05, 3.63) is 35.1 Å². The molecule has 0 unspecified atom stereocenters. The molecule has 0 saturated carbocycles. The molecule has 1 aromatic rings. The van der Waals surface area contributed by atoms with Gasteiger partial charge in [0.2, 0.25) is 0 Å². The van der Waals surface area contributed by atoms with Crippen molar-refractivity contribution < 1.29 is 9.50 Å². The Hall–Kier alpha value is -0.970. The average Bonchev–Trinajstić information content (AvgIpc) is 2.38. The van der Waals surface area contributed by atoms with Gasteiger partial charge in [-0.25, -0.2) is 4.39 Å². The van der Waals surface area contributed by atoms with E-state index in [9.17, 15) is 4.39 Å². The lowest BCUT2D eigenvalue weighted by atomic mass is 10.1. The van der Waals surface area contributed by atoms with E-state index in [1.807, 2.05) is 6.07 Å². The van der Waals surface area contributed by atoms with Gasteiger partial charge in [0.05, 0.1) is 6.61 Å². The van der Waals surface area contributed by atoms with Crippen LogP contribution in [0.5, 0.6) is 0 Å². The van der Waals surface area contributed by atoms with Crippen molar-refractivity contribution in [2.45, 2.75) is 32.9 Å². The monoisotopic (exact) mass is 254 g/mol. The number of benzene rings is 1. The van der Waals surface area contributed by atoms with Gasteiger partial charge in [0, 0.05) is 25.2 Å². The van der Waals surface area contributed by atoms with Gasteiger partial charge in [-0.2, -0.15) is 0 Å². The van der Waals surface area contributed by atoms with Crippen LogP contribution in [0.2, 0.25) is 0 Å². The molecule has 3 N–H and O–H groups in total. The molecule has 0 aromatic heterocycles. The van der Waals surface area contributed by atoms with Crippen molar-refractivity contribution in [3.8, 4) is 0 Å². The van der Waals surface area contributed by atoms with E-state index in [4.69, 9.17) is 10.8 Å². The zero-order valence-electron chi connectivity index (χ0n) is 11.0. The first-order valence-corrected chi connectivity index (χ1v) is 6.51. The second-order valence-electron chi connectivity index (χ2n) is 4.48. The van der Waals surface area contributed by atoms with E-state index in [1.165, 1.54) is 6.07 Å². The first-order chi connectivity index (χ1) is 8.71. The average molecular weight is 254 g/mol. The third kappa shape index (κ3) is 4.72. The summed E-state index contributed by atoms with van der Waals surface area (Å²) in [6.07, 6.45) is 2.14. The number of rotatable bonds is 8. The van der Waals surface area contributed by atoms with Crippen LogP contribution in [-0.4, -0.2) is 29.7 Å². The minimum Gasteiger partial charge on any atom is -0.395 e. The summed E-state index contributed by atoms with van der Waals surface area (Å²) >= 11 is 0. The fraction of sp³-hybridized carbons (Fsp3) is 0.571. The summed E-state index contributed by atoms with van der Waals surface area (Å²) < 4.78 is 13.7. The molecule has 0 heterocycles. The Labute approximate surface area is 108 Å². The minimum atomic E-state index is -0.202. The van der Waals surface area contributed by atoms with Crippen molar-refractivity contribution in [2.75, 3.05) is 19.7 Å². The predicted molar refractivity (Wildman–Crippen MR) is 71.6 cm³/mol. The van der Waals surface area contributed by atoms with E-state index in [0.717, 1.165) is 24.9 Å². The zero-order chi connectivity index (χ0) is 13.4. The highest BCUT2D eigenvalue weighted by Gasteiger charge is 2.09. The molecule has 4 heteroatoms. The number of nitrogens with zero attached hydrogens (tertiary/aromatic N) is 1. The van der Waals surface area contributed by atoms with E-state index in [-0.39, 0.29) is 12.4 Å². The number of halogens is 1. The van der Waals surface area contributed by atoms with Gasteiger partial charge >= 0.3 is 0 Å². The fourth-order valence-electron chi connectivity index (χ4n) is 1.91. The van der Waals surface area contributed by atoms with Crippen LogP contribution in [0.15, 0.2) is 18.2 Å². The molecule has 102 valence electrons. The zero-order valence-corrected chi connectivity index (χ0v) is 11.0. The standard InChI is InChI=1S/C14H23FN2O/c1-2-3-6-17(7-8-18)11-13-9-12(10-16)4-5-14(13)15/h4-5,9,18H,2-3,6-8,10-11,16H2,1H3. The molecule has 0 aliphatic carbocycles. The van der Waals surface area contributed by atoms with Crippen LogP contribution >= 0.6 is 0 Å². The van der Waals surface area contributed by atoms with E-state index in [1.54, 1.807) is 6.07 Å². The van der Waals surface area contributed by atoms with Crippen LogP contribution in [0.4, 0.5) is 4.39 Å². The maximum absolute atomic E-state index is 13.7. The van der Waals surface area contributed by atoms with Gasteiger partial charge in [0.1, 0.15) is 5.82 Å². The molecule has 0 radical (unpaired) electrons. The van der Waals surface area contributed by atoms with Crippen LogP contribution in [0.3, 0.4) is 0 Å². The molecule has 1 rings (SSSR count). The highest BCUT2D eigenvalue weighted by molar-refractivity contribution is 5.25. The van der Waals surface area contributed by atoms with E-state index in [0.29, 0.717) is 25.2 Å². The molecule has 0 saturated heterocycles. The van der Waals surface area contributed by atoms with Gasteiger partial charge in [0.25, 0.3) is 0 Å². The van der Waals surface area contributed by atoms with Gasteiger partial charge in [-0.1, -0.05) is 25.5 Å². The summed E-state index contributed by atoms with van der Waals surface area (Å²) in [6, 6.07) is 4.99. The Bertz CT molecular complexity index is 358. The first-order valence-electron chi connectivity index (χ1n) is 6.51. The third-order valence-electron chi connectivity index (χ3n) is 2.98. The molecule has 0 aliphatic rings. The Kier molecular flexibility index (Phi) is 6.86. The summed E-state index contributed by atoms with van der Waals surface area (Å²) in [5.74, 6) is -0.202. The van der Waals surface area contributed by atoms with E-state index < -0.39 is 0 Å². The Morgan fingerprint density at radius 2 is 2.11 bits per heavy atom. The smallest absolute Gasteiger partial charge is 0.127 e. The van der Waals surface area contributed by atoms with Gasteiger partial charge in [-0.3, -0.25) is 4.90 Å². The quantitative estimate of drug-likeness (QED) is 0.744. The second kappa shape index (κ2) is 8.19. The van der Waals surface area contributed by atoms with E-state index in [2.05, 4.69) is 11.8 Å². The Balaban J connectivity index is 2.72. The second-order valence-corrected chi connectivity index (χ2v) is 4.48. The summed E-state index contributed by atoms with van der Waals surface area (Å²) in [5.41, 5.74) is 7.15. The highest BCUT2D eigenvalue weighted by Crippen LogP contribution is 2.13. The maximum atomic E-state index is 13.7. The predicted octanol–water partition coefficient (Wildman–Crippen LogP) is 1.88. The van der Waals surface area contributed by atoms with Gasteiger partial charge < -0.3 is 10.8 Å². The van der Waals surface area contributed by atoms with Crippen LogP contribution in [-0.2, 0) is 13.1 Å². The molecular formula is C14H23FN2O. The first kappa shape index (κ1) is 15.1. The molecule has 0 aliphatic heterocycles. The van der Waals surface area contributed by atoms with Crippen molar-refractivity contribution in [1.29, 1.82) is 0 Å². The van der Waals surface area contributed by atoms with Gasteiger partial charge in [0.15, 0.2) is 0 Å².